The van der Waals surface area contributed by atoms with Crippen LogP contribution in [-0.2, 0) is 28.5 Å². The quantitative estimate of drug-likeness (QED) is 0.380. The first-order chi connectivity index (χ1) is 9.70. The Balaban J connectivity index is 3.16. The summed E-state index contributed by atoms with van der Waals surface area (Å²) in [5.41, 5.74) is 0. The van der Waals surface area contributed by atoms with E-state index in [1.807, 2.05) is 0 Å². The summed E-state index contributed by atoms with van der Waals surface area (Å²) >= 11 is 0. The van der Waals surface area contributed by atoms with Crippen molar-refractivity contribution in [1.82, 2.24) is 0 Å². The van der Waals surface area contributed by atoms with Gasteiger partial charge in [0, 0.05) is 6.42 Å². The molecule has 0 radical (unpaired) electrons. The Bertz CT molecular complexity index is 254. The molecule has 0 aliphatic rings. The van der Waals surface area contributed by atoms with Gasteiger partial charge in [0.1, 0.15) is 6.61 Å². The minimum Gasteiger partial charge on any atom is -0.469 e. The third-order valence-electron chi connectivity index (χ3n) is 2.53. The van der Waals surface area contributed by atoms with Crippen molar-refractivity contribution in [2.45, 2.75) is 39.0 Å². The molecule has 0 rings (SSSR count). The van der Waals surface area contributed by atoms with E-state index in [9.17, 15) is 9.59 Å². The molecule has 118 valence electrons. The molecule has 0 amide bonds. The first-order valence-electron chi connectivity index (χ1n) is 7.08. The van der Waals surface area contributed by atoms with Crippen LogP contribution >= 0.6 is 0 Å². The molecule has 0 heterocycles. The predicted octanol–water partition coefficient (Wildman–Crippen LogP) is 1.71. The molecule has 0 aromatic carbocycles. The molecule has 6 nitrogen and oxygen atoms in total. The van der Waals surface area contributed by atoms with Gasteiger partial charge in [-0.15, -0.1) is 0 Å². The molecule has 0 bridgehead atoms. The SMILES string of the molecule is CCCCCC(=O)OCCOCCOCCC(=O)OC. The van der Waals surface area contributed by atoms with Crippen LogP contribution in [-0.4, -0.2) is 52.1 Å². The summed E-state index contributed by atoms with van der Waals surface area (Å²) in [7, 11) is 1.34. The zero-order valence-corrected chi connectivity index (χ0v) is 12.5. The van der Waals surface area contributed by atoms with Gasteiger partial charge in [0.2, 0.25) is 0 Å². The van der Waals surface area contributed by atoms with E-state index < -0.39 is 0 Å². The third-order valence-corrected chi connectivity index (χ3v) is 2.53. The number of methoxy groups -OCH3 is 1. The summed E-state index contributed by atoms with van der Waals surface area (Å²) in [6.07, 6.45) is 3.74. The van der Waals surface area contributed by atoms with Crippen LogP contribution in [0.25, 0.3) is 0 Å². The van der Waals surface area contributed by atoms with Crippen molar-refractivity contribution in [2.75, 3.05) is 40.1 Å². The van der Waals surface area contributed by atoms with Gasteiger partial charge in [-0.25, -0.2) is 0 Å². The number of carbonyl (C=O) groups is 2. The van der Waals surface area contributed by atoms with Gasteiger partial charge in [0.15, 0.2) is 0 Å². The maximum atomic E-state index is 11.2. The average Bonchev–Trinajstić information content (AvgIpc) is 2.45. The van der Waals surface area contributed by atoms with E-state index >= 15 is 0 Å². The summed E-state index contributed by atoms with van der Waals surface area (Å²) in [5.74, 6) is -0.461. The highest BCUT2D eigenvalue weighted by Gasteiger charge is 2.02. The van der Waals surface area contributed by atoms with E-state index in [4.69, 9.17) is 14.2 Å². The monoisotopic (exact) mass is 290 g/mol. The molecule has 0 aliphatic carbocycles. The topological polar surface area (TPSA) is 71.1 Å². The van der Waals surface area contributed by atoms with Crippen LogP contribution in [0.5, 0.6) is 0 Å². The first kappa shape index (κ1) is 18.9. The smallest absolute Gasteiger partial charge is 0.307 e. The molecule has 0 fully saturated rings. The molecule has 6 heteroatoms. The second kappa shape index (κ2) is 14.3. The van der Waals surface area contributed by atoms with Gasteiger partial charge in [-0.2, -0.15) is 0 Å². The Hall–Kier alpha value is -1.14. The largest absolute Gasteiger partial charge is 0.469 e. The van der Waals surface area contributed by atoms with Crippen LogP contribution in [0.3, 0.4) is 0 Å². The van der Waals surface area contributed by atoms with Gasteiger partial charge in [-0.3, -0.25) is 9.59 Å². The fourth-order valence-electron chi connectivity index (χ4n) is 1.39. The number of unbranched alkanes of at least 4 members (excludes halogenated alkanes) is 2. The lowest BCUT2D eigenvalue weighted by Crippen LogP contribution is -2.13. The standard InChI is InChI=1S/C14H26O6/c1-3-4-5-6-14(16)20-12-11-19-10-9-18-8-7-13(15)17-2/h3-12H2,1-2H3. The number of hydrogen-bond acceptors (Lipinski definition) is 6. The van der Waals surface area contributed by atoms with Crippen LogP contribution in [0.2, 0.25) is 0 Å². The highest BCUT2D eigenvalue weighted by molar-refractivity contribution is 5.69. The Morgan fingerprint density at radius 3 is 2.10 bits per heavy atom. The minimum atomic E-state index is -0.291. The van der Waals surface area contributed by atoms with Gasteiger partial charge in [-0.1, -0.05) is 19.8 Å². The predicted molar refractivity (Wildman–Crippen MR) is 73.4 cm³/mol. The molecule has 0 spiro atoms. The van der Waals surface area contributed by atoms with Crippen LogP contribution < -0.4 is 0 Å². The van der Waals surface area contributed by atoms with Crippen molar-refractivity contribution in [3.8, 4) is 0 Å². The zero-order valence-electron chi connectivity index (χ0n) is 12.5. The second-order valence-corrected chi connectivity index (χ2v) is 4.23. The van der Waals surface area contributed by atoms with Crippen LogP contribution in [0.15, 0.2) is 0 Å². The third kappa shape index (κ3) is 13.3. The van der Waals surface area contributed by atoms with E-state index in [-0.39, 0.29) is 25.0 Å². The molecular formula is C14H26O6. The van der Waals surface area contributed by atoms with Gasteiger partial charge >= 0.3 is 11.9 Å². The summed E-state index contributed by atoms with van der Waals surface area (Å²) in [6.45, 7) is 3.86. The highest BCUT2D eigenvalue weighted by Crippen LogP contribution is 2.00. The minimum absolute atomic E-state index is 0.170. The summed E-state index contributed by atoms with van der Waals surface area (Å²) in [4.78, 5) is 22.0. The maximum Gasteiger partial charge on any atom is 0.307 e. The molecule has 0 unspecified atom stereocenters. The lowest BCUT2D eigenvalue weighted by atomic mass is 10.2. The van der Waals surface area contributed by atoms with E-state index in [0.717, 1.165) is 19.3 Å². The van der Waals surface area contributed by atoms with Crippen LogP contribution in [0.1, 0.15) is 39.0 Å². The van der Waals surface area contributed by atoms with Crippen molar-refractivity contribution < 1.29 is 28.5 Å². The van der Waals surface area contributed by atoms with Crippen LogP contribution in [0, 0.1) is 0 Å². The Labute approximate surface area is 120 Å². The first-order valence-corrected chi connectivity index (χ1v) is 7.08. The fourth-order valence-corrected chi connectivity index (χ4v) is 1.39. The molecule has 0 aromatic rings. The molecule has 0 aromatic heterocycles. The maximum absolute atomic E-state index is 11.2. The van der Waals surface area contributed by atoms with Gasteiger partial charge < -0.3 is 18.9 Å². The normalized spacial score (nSPS) is 10.3. The molecule has 0 saturated heterocycles. The van der Waals surface area contributed by atoms with Crippen molar-refractivity contribution in [2.24, 2.45) is 0 Å². The fraction of sp³-hybridized carbons (Fsp3) is 0.857. The average molecular weight is 290 g/mol. The number of rotatable bonds is 13. The molecule has 20 heavy (non-hydrogen) atoms. The highest BCUT2D eigenvalue weighted by atomic mass is 16.6. The second-order valence-electron chi connectivity index (χ2n) is 4.23. The molecule has 0 N–H and O–H groups in total. The van der Waals surface area contributed by atoms with Gasteiger partial charge in [-0.05, 0) is 6.42 Å². The number of esters is 2. The molecular weight excluding hydrogens is 264 g/mol. The Morgan fingerprint density at radius 2 is 1.45 bits per heavy atom. The molecule has 0 saturated carbocycles. The van der Waals surface area contributed by atoms with E-state index in [1.165, 1.54) is 7.11 Å². The van der Waals surface area contributed by atoms with E-state index in [2.05, 4.69) is 11.7 Å². The zero-order chi connectivity index (χ0) is 15.1. The summed E-state index contributed by atoms with van der Waals surface area (Å²) < 4.78 is 19.9. The lowest BCUT2D eigenvalue weighted by Gasteiger charge is -2.06. The van der Waals surface area contributed by atoms with Gasteiger partial charge in [0.05, 0.1) is 40.0 Å². The summed E-state index contributed by atoms with van der Waals surface area (Å²) in [6, 6.07) is 0. The van der Waals surface area contributed by atoms with Crippen molar-refractivity contribution >= 4 is 11.9 Å². The van der Waals surface area contributed by atoms with Gasteiger partial charge in [0.25, 0.3) is 0 Å². The Kier molecular flexibility index (Phi) is 13.5. The molecule has 0 atom stereocenters. The Morgan fingerprint density at radius 1 is 0.800 bits per heavy atom. The van der Waals surface area contributed by atoms with E-state index in [0.29, 0.717) is 32.8 Å². The molecule has 0 aliphatic heterocycles. The van der Waals surface area contributed by atoms with Crippen molar-refractivity contribution in [1.29, 1.82) is 0 Å². The van der Waals surface area contributed by atoms with E-state index in [1.54, 1.807) is 0 Å². The number of carbonyl (C=O) groups excluding carboxylic acids is 2. The summed E-state index contributed by atoms with van der Waals surface area (Å²) in [5, 5.41) is 0. The van der Waals surface area contributed by atoms with Crippen molar-refractivity contribution in [3.05, 3.63) is 0 Å². The van der Waals surface area contributed by atoms with Crippen LogP contribution in [0.4, 0.5) is 0 Å². The van der Waals surface area contributed by atoms with Crippen molar-refractivity contribution in [3.63, 3.8) is 0 Å². The lowest BCUT2D eigenvalue weighted by molar-refractivity contribution is -0.145. The number of hydrogen-bond donors (Lipinski definition) is 0. The number of ether oxygens (including phenoxy) is 4.